The number of rotatable bonds is 0. The van der Waals surface area contributed by atoms with Crippen LogP contribution < -0.4 is 0 Å². The molecule has 106 valence electrons. The van der Waals surface area contributed by atoms with Crippen LogP contribution in [0.3, 0.4) is 0 Å². The first-order valence-corrected chi connectivity index (χ1v) is 8.55. The van der Waals surface area contributed by atoms with E-state index in [1.54, 1.807) is 0 Å². The summed E-state index contributed by atoms with van der Waals surface area (Å²) in [5.74, 6) is 0. The number of ether oxygens (including phenoxy) is 1. The van der Waals surface area contributed by atoms with E-state index in [0.29, 0.717) is 5.60 Å². The predicted molar refractivity (Wildman–Crippen MR) is 77.9 cm³/mol. The van der Waals surface area contributed by atoms with E-state index in [1.807, 2.05) is 0 Å². The fraction of sp³-hybridized carbons (Fsp3) is 1.00. The Bertz CT molecular complexity index is 190. The summed E-state index contributed by atoms with van der Waals surface area (Å²) in [6.45, 7) is 1.06. The quantitative estimate of drug-likeness (QED) is 0.510. The SMILES string of the molecule is C1CCCCCCCC2(CCCCCCC1)CO2. The van der Waals surface area contributed by atoms with Gasteiger partial charge < -0.3 is 4.74 Å². The molecule has 1 spiro atoms. The van der Waals surface area contributed by atoms with Gasteiger partial charge in [-0.05, 0) is 12.8 Å². The summed E-state index contributed by atoms with van der Waals surface area (Å²) < 4.78 is 5.74. The zero-order valence-corrected chi connectivity index (χ0v) is 12.2. The molecule has 18 heavy (non-hydrogen) atoms. The minimum atomic E-state index is 0.358. The van der Waals surface area contributed by atoms with Gasteiger partial charge in [-0.2, -0.15) is 0 Å². The topological polar surface area (TPSA) is 12.5 Å². The molecule has 0 aromatic rings. The highest BCUT2D eigenvalue weighted by molar-refractivity contribution is 4.91. The maximum atomic E-state index is 5.74. The minimum Gasteiger partial charge on any atom is -0.370 e. The second-order valence-corrected chi connectivity index (χ2v) is 6.57. The van der Waals surface area contributed by atoms with Crippen molar-refractivity contribution < 1.29 is 4.74 Å². The standard InChI is InChI=1S/C17H32O/c1-2-4-6-8-10-12-14-17(16-18-17)15-13-11-9-7-5-3-1/h1-16H2. The van der Waals surface area contributed by atoms with Gasteiger partial charge in [0.15, 0.2) is 0 Å². The smallest absolute Gasteiger partial charge is 0.0916 e. The lowest BCUT2D eigenvalue weighted by molar-refractivity contribution is 0.260. The van der Waals surface area contributed by atoms with Gasteiger partial charge >= 0.3 is 0 Å². The summed E-state index contributed by atoms with van der Waals surface area (Å²) in [4.78, 5) is 0. The van der Waals surface area contributed by atoms with Crippen LogP contribution in [0.4, 0.5) is 0 Å². The first-order chi connectivity index (χ1) is 8.91. The van der Waals surface area contributed by atoms with Crippen molar-refractivity contribution in [2.24, 2.45) is 0 Å². The summed E-state index contributed by atoms with van der Waals surface area (Å²) in [6, 6.07) is 0. The van der Waals surface area contributed by atoms with Gasteiger partial charge in [0.25, 0.3) is 0 Å². The van der Waals surface area contributed by atoms with E-state index in [9.17, 15) is 0 Å². The highest BCUT2D eigenvalue weighted by Crippen LogP contribution is 2.38. The fourth-order valence-corrected chi connectivity index (χ4v) is 3.35. The predicted octanol–water partition coefficient (Wildman–Crippen LogP) is 5.62. The van der Waals surface area contributed by atoms with E-state index >= 15 is 0 Å². The Balaban J connectivity index is 1.63. The summed E-state index contributed by atoms with van der Waals surface area (Å²) in [5.41, 5.74) is 0.358. The largest absolute Gasteiger partial charge is 0.370 e. The van der Waals surface area contributed by atoms with Crippen molar-refractivity contribution in [3.63, 3.8) is 0 Å². The monoisotopic (exact) mass is 252 g/mol. The van der Waals surface area contributed by atoms with E-state index in [0.717, 1.165) is 6.61 Å². The zero-order chi connectivity index (χ0) is 12.5. The maximum Gasteiger partial charge on any atom is 0.0916 e. The van der Waals surface area contributed by atoms with Gasteiger partial charge in [0.05, 0.1) is 12.2 Å². The minimum absolute atomic E-state index is 0.358. The number of hydrogen-bond donors (Lipinski definition) is 0. The molecule has 0 unspecified atom stereocenters. The summed E-state index contributed by atoms with van der Waals surface area (Å²) in [5, 5.41) is 0. The second kappa shape index (κ2) is 8.19. The van der Waals surface area contributed by atoms with E-state index in [-0.39, 0.29) is 0 Å². The molecular weight excluding hydrogens is 220 g/mol. The number of hydrogen-bond acceptors (Lipinski definition) is 1. The van der Waals surface area contributed by atoms with Crippen molar-refractivity contribution in [3.05, 3.63) is 0 Å². The van der Waals surface area contributed by atoms with Gasteiger partial charge in [0.1, 0.15) is 0 Å². The molecular formula is C17H32O. The Morgan fingerprint density at radius 3 is 1.00 bits per heavy atom. The molecule has 0 aromatic carbocycles. The van der Waals surface area contributed by atoms with Crippen LogP contribution in [-0.2, 0) is 4.74 Å². The van der Waals surface area contributed by atoms with E-state index < -0.39 is 0 Å². The van der Waals surface area contributed by atoms with Crippen molar-refractivity contribution in [3.8, 4) is 0 Å². The van der Waals surface area contributed by atoms with Gasteiger partial charge in [-0.1, -0.05) is 83.5 Å². The Morgan fingerprint density at radius 2 is 0.722 bits per heavy atom. The summed E-state index contributed by atoms with van der Waals surface area (Å²) >= 11 is 0. The Morgan fingerprint density at radius 1 is 0.444 bits per heavy atom. The van der Waals surface area contributed by atoms with Gasteiger partial charge in [-0.25, -0.2) is 0 Å². The third-order valence-corrected chi connectivity index (χ3v) is 4.82. The highest BCUT2D eigenvalue weighted by Gasteiger charge is 2.42. The van der Waals surface area contributed by atoms with Gasteiger partial charge in [-0.15, -0.1) is 0 Å². The molecule has 1 saturated carbocycles. The highest BCUT2D eigenvalue weighted by atomic mass is 16.6. The van der Waals surface area contributed by atoms with Crippen LogP contribution in [0.25, 0.3) is 0 Å². The Labute approximate surface area is 114 Å². The first-order valence-electron chi connectivity index (χ1n) is 8.55. The molecule has 0 atom stereocenters. The molecule has 0 amide bonds. The lowest BCUT2D eigenvalue weighted by Gasteiger charge is -2.12. The Hall–Kier alpha value is -0.0400. The van der Waals surface area contributed by atoms with Crippen LogP contribution in [0.15, 0.2) is 0 Å². The lowest BCUT2D eigenvalue weighted by atomic mass is 9.94. The van der Waals surface area contributed by atoms with Crippen LogP contribution in [-0.4, -0.2) is 12.2 Å². The van der Waals surface area contributed by atoms with Crippen molar-refractivity contribution in [2.75, 3.05) is 6.61 Å². The van der Waals surface area contributed by atoms with Gasteiger partial charge in [0.2, 0.25) is 0 Å². The maximum absolute atomic E-state index is 5.74. The van der Waals surface area contributed by atoms with Crippen molar-refractivity contribution >= 4 is 0 Å². The van der Waals surface area contributed by atoms with Crippen LogP contribution in [0.5, 0.6) is 0 Å². The molecule has 1 nitrogen and oxygen atoms in total. The molecule has 1 heterocycles. The normalized spacial score (nSPS) is 28.0. The molecule has 0 aromatic heterocycles. The molecule has 2 fully saturated rings. The molecule has 2 aliphatic rings. The van der Waals surface area contributed by atoms with Crippen molar-refractivity contribution in [2.45, 2.75) is 102 Å². The average Bonchev–Trinajstić information content (AvgIpc) is 3.13. The van der Waals surface area contributed by atoms with Crippen molar-refractivity contribution in [1.82, 2.24) is 0 Å². The third-order valence-electron chi connectivity index (χ3n) is 4.82. The Kier molecular flexibility index (Phi) is 6.54. The molecule has 1 heteroatoms. The number of epoxide rings is 1. The zero-order valence-electron chi connectivity index (χ0n) is 12.2. The molecule has 0 bridgehead atoms. The molecule has 2 rings (SSSR count). The fourth-order valence-electron chi connectivity index (χ4n) is 3.35. The van der Waals surface area contributed by atoms with E-state index in [4.69, 9.17) is 4.74 Å². The van der Waals surface area contributed by atoms with Crippen LogP contribution >= 0.6 is 0 Å². The molecule has 0 N–H and O–H groups in total. The summed E-state index contributed by atoms with van der Waals surface area (Å²) in [6.07, 6.45) is 21.6. The van der Waals surface area contributed by atoms with Crippen molar-refractivity contribution in [1.29, 1.82) is 0 Å². The molecule has 1 aliphatic carbocycles. The van der Waals surface area contributed by atoms with Crippen LogP contribution in [0, 0.1) is 0 Å². The second-order valence-electron chi connectivity index (χ2n) is 6.57. The average molecular weight is 252 g/mol. The first kappa shape index (κ1) is 14.4. The lowest BCUT2D eigenvalue weighted by Crippen LogP contribution is -2.10. The van der Waals surface area contributed by atoms with Crippen LogP contribution in [0.1, 0.15) is 96.3 Å². The van der Waals surface area contributed by atoms with Crippen LogP contribution in [0.2, 0.25) is 0 Å². The third kappa shape index (κ3) is 5.73. The van der Waals surface area contributed by atoms with E-state index in [2.05, 4.69) is 0 Å². The van der Waals surface area contributed by atoms with Gasteiger partial charge in [0, 0.05) is 0 Å². The summed E-state index contributed by atoms with van der Waals surface area (Å²) in [7, 11) is 0. The van der Waals surface area contributed by atoms with E-state index in [1.165, 1.54) is 96.3 Å². The van der Waals surface area contributed by atoms with Gasteiger partial charge in [-0.3, -0.25) is 0 Å². The molecule has 0 radical (unpaired) electrons. The molecule has 1 aliphatic heterocycles. The molecule has 1 saturated heterocycles.